The Hall–Kier alpha value is -2.40. The van der Waals surface area contributed by atoms with Gasteiger partial charge in [-0.15, -0.1) is 0 Å². The van der Waals surface area contributed by atoms with Crippen LogP contribution in [-0.4, -0.2) is 31.1 Å². The van der Waals surface area contributed by atoms with Crippen molar-refractivity contribution in [1.82, 2.24) is 10.6 Å². The first kappa shape index (κ1) is 17.0. The van der Waals surface area contributed by atoms with Crippen LogP contribution in [0.2, 0.25) is 0 Å². The fourth-order valence-electron chi connectivity index (χ4n) is 3.80. The molecule has 1 saturated heterocycles. The summed E-state index contributed by atoms with van der Waals surface area (Å²) < 4.78 is 18.7. The van der Waals surface area contributed by atoms with Crippen molar-refractivity contribution in [2.75, 3.05) is 13.1 Å². The monoisotopic (exact) mass is 354 g/mol. The second kappa shape index (κ2) is 7.46. The molecule has 1 amide bonds. The Morgan fingerprint density at radius 2 is 1.77 bits per heavy atom. The number of hydrogen-bond donors (Lipinski definition) is 2. The number of carbonyl (C=O) groups excluding carboxylic acids is 1. The van der Waals surface area contributed by atoms with E-state index < -0.39 is 0 Å². The average molecular weight is 354 g/mol. The zero-order valence-corrected chi connectivity index (χ0v) is 14.5. The van der Waals surface area contributed by atoms with E-state index in [1.807, 2.05) is 18.2 Å². The van der Waals surface area contributed by atoms with Crippen LogP contribution in [0.25, 0.3) is 0 Å². The molecule has 0 radical (unpaired) electrons. The van der Waals surface area contributed by atoms with Gasteiger partial charge in [0.05, 0.1) is 5.92 Å². The predicted octanol–water partition coefficient (Wildman–Crippen LogP) is 2.85. The minimum Gasteiger partial charge on any atom is -0.490 e. The fraction of sp³-hybridized carbons (Fsp3) is 0.381. The number of halogens is 1. The molecule has 2 unspecified atom stereocenters. The predicted molar refractivity (Wildman–Crippen MR) is 97.5 cm³/mol. The lowest BCUT2D eigenvalue weighted by atomic mass is 9.85. The van der Waals surface area contributed by atoms with Crippen molar-refractivity contribution < 1.29 is 13.9 Å². The van der Waals surface area contributed by atoms with E-state index in [-0.39, 0.29) is 35.7 Å². The summed E-state index contributed by atoms with van der Waals surface area (Å²) in [4.78, 5) is 12.7. The van der Waals surface area contributed by atoms with Crippen molar-refractivity contribution in [3.05, 3.63) is 66.0 Å². The van der Waals surface area contributed by atoms with E-state index in [0.717, 1.165) is 19.4 Å². The van der Waals surface area contributed by atoms with E-state index >= 15 is 0 Å². The van der Waals surface area contributed by atoms with Crippen LogP contribution in [0.3, 0.4) is 0 Å². The average Bonchev–Trinajstić information content (AvgIpc) is 3.12. The molecule has 1 heterocycles. The molecule has 2 aromatic rings. The zero-order chi connectivity index (χ0) is 17.9. The molecule has 2 N–H and O–H groups in total. The molecular formula is C21H23FN2O2. The van der Waals surface area contributed by atoms with Crippen LogP contribution in [0.4, 0.5) is 4.39 Å². The molecule has 2 atom stereocenters. The van der Waals surface area contributed by atoms with Gasteiger partial charge in [0, 0.05) is 37.9 Å². The maximum atomic E-state index is 12.9. The molecule has 4 rings (SSSR count). The maximum absolute atomic E-state index is 12.9. The molecule has 0 aromatic heterocycles. The summed E-state index contributed by atoms with van der Waals surface area (Å²) in [5.74, 6) is 0.714. The highest BCUT2D eigenvalue weighted by Crippen LogP contribution is 2.30. The van der Waals surface area contributed by atoms with Gasteiger partial charge in [-0.25, -0.2) is 4.39 Å². The molecule has 2 aliphatic rings. The van der Waals surface area contributed by atoms with Crippen molar-refractivity contribution in [1.29, 1.82) is 0 Å². The molecule has 4 nitrogen and oxygen atoms in total. The summed E-state index contributed by atoms with van der Waals surface area (Å²) in [6.45, 7) is 1.55. The number of rotatable bonds is 5. The van der Waals surface area contributed by atoms with Gasteiger partial charge < -0.3 is 15.4 Å². The summed E-state index contributed by atoms with van der Waals surface area (Å²) in [5, 5.41) is 6.50. The minimum absolute atomic E-state index is 0.0329. The lowest BCUT2D eigenvalue weighted by Gasteiger charge is -2.36. The molecular weight excluding hydrogens is 331 g/mol. The van der Waals surface area contributed by atoms with Gasteiger partial charge in [0.2, 0.25) is 5.91 Å². The Labute approximate surface area is 152 Å². The minimum atomic E-state index is -0.269. The SMILES string of the molecule is O=C(NC1CC(Oc2ccc(F)cc2)C1)C1CNCC1c1ccccc1. The number of nitrogens with one attached hydrogen (secondary N) is 2. The molecule has 136 valence electrons. The number of benzene rings is 2. The topological polar surface area (TPSA) is 50.4 Å². The summed E-state index contributed by atoms with van der Waals surface area (Å²) >= 11 is 0. The first-order valence-electron chi connectivity index (χ1n) is 9.17. The third-order valence-corrected chi connectivity index (χ3v) is 5.34. The lowest BCUT2D eigenvalue weighted by Crippen LogP contribution is -2.51. The number of hydrogen-bond acceptors (Lipinski definition) is 3. The largest absolute Gasteiger partial charge is 0.490 e. The summed E-state index contributed by atoms with van der Waals surface area (Å²) in [6.07, 6.45) is 1.66. The van der Waals surface area contributed by atoms with Gasteiger partial charge in [0.15, 0.2) is 0 Å². The third-order valence-electron chi connectivity index (χ3n) is 5.34. The van der Waals surface area contributed by atoms with Crippen LogP contribution in [0.1, 0.15) is 24.3 Å². The Kier molecular flexibility index (Phi) is 4.89. The van der Waals surface area contributed by atoms with Crippen molar-refractivity contribution in [2.24, 2.45) is 5.92 Å². The van der Waals surface area contributed by atoms with Gasteiger partial charge in [-0.2, -0.15) is 0 Å². The second-order valence-corrected chi connectivity index (χ2v) is 7.15. The van der Waals surface area contributed by atoms with Gasteiger partial charge in [-0.05, 0) is 29.8 Å². The van der Waals surface area contributed by atoms with E-state index in [4.69, 9.17) is 4.74 Å². The number of ether oxygens (including phenoxy) is 1. The number of carbonyl (C=O) groups is 1. The first-order chi connectivity index (χ1) is 12.7. The maximum Gasteiger partial charge on any atom is 0.225 e. The molecule has 1 aliphatic carbocycles. The van der Waals surface area contributed by atoms with Gasteiger partial charge in [0.1, 0.15) is 17.7 Å². The smallest absolute Gasteiger partial charge is 0.225 e. The van der Waals surface area contributed by atoms with Crippen LogP contribution < -0.4 is 15.4 Å². The highest BCUT2D eigenvalue weighted by Gasteiger charge is 2.38. The Morgan fingerprint density at radius 3 is 2.50 bits per heavy atom. The van der Waals surface area contributed by atoms with E-state index in [2.05, 4.69) is 22.8 Å². The van der Waals surface area contributed by atoms with Crippen LogP contribution >= 0.6 is 0 Å². The molecule has 2 aromatic carbocycles. The van der Waals surface area contributed by atoms with Crippen molar-refractivity contribution in [2.45, 2.75) is 30.9 Å². The van der Waals surface area contributed by atoms with Crippen LogP contribution in [0.5, 0.6) is 5.75 Å². The van der Waals surface area contributed by atoms with E-state index in [0.29, 0.717) is 12.3 Å². The molecule has 26 heavy (non-hydrogen) atoms. The Bertz CT molecular complexity index is 744. The molecule has 0 bridgehead atoms. The van der Waals surface area contributed by atoms with Gasteiger partial charge in [0.25, 0.3) is 0 Å². The molecule has 2 fully saturated rings. The zero-order valence-electron chi connectivity index (χ0n) is 14.5. The number of amides is 1. The quantitative estimate of drug-likeness (QED) is 0.868. The van der Waals surface area contributed by atoms with E-state index in [1.165, 1.54) is 17.7 Å². The van der Waals surface area contributed by atoms with Gasteiger partial charge in [-0.3, -0.25) is 4.79 Å². The van der Waals surface area contributed by atoms with Crippen LogP contribution in [0, 0.1) is 11.7 Å². The standard InChI is InChI=1S/C21H23FN2O2/c22-15-6-8-17(9-7-15)26-18-10-16(11-18)24-21(25)20-13-23-12-19(20)14-4-2-1-3-5-14/h1-9,16,18-20,23H,10-13H2,(H,24,25). The van der Waals surface area contributed by atoms with E-state index in [9.17, 15) is 9.18 Å². The van der Waals surface area contributed by atoms with Gasteiger partial charge >= 0.3 is 0 Å². The summed E-state index contributed by atoms with van der Waals surface area (Å²) in [6, 6.07) is 16.4. The Morgan fingerprint density at radius 1 is 1.04 bits per heavy atom. The van der Waals surface area contributed by atoms with E-state index in [1.54, 1.807) is 12.1 Å². The molecule has 1 saturated carbocycles. The normalized spacial score (nSPS) is 27.6. The van der Waals surface area contributed by atoms with Crippen LogP contribution in [-0.2, 0) is 4.79 Å². The summed E-state index contributed by atoms with van der Waals surface area (Å²) in [7, 11) is 0. The molecule has 1 aliphatic heterocycles. The van der Waals surface area contributed by atoms with Crippen molar-refractivity contribution >= 4 is 5.91 Å². The Balaban J connectivity index is 1.27. The fourth-order valence-corrected chi connectivity index (χ4v) is 3.80. The summed E-state index contributed by atoms with van der Waals surface area (Å²) in [5.41, 5.74) is 1.21. The van der Waals surface area contributed by atoms with Gasteiger partial charge in [-0.1, -0.05) is 30.3 Å². The highest BCUT2D eigenvalue weighted by molar-refractivity contribution is 5.81. The lowest BCUT2D eigenvalue weighted by molar-refractivity contribution is -0.126. The highest BCUT2D eigenvalue weighted by atomic mass is 19.1. The first-order valence-corrected chi connectivity index (χ1v) is 9.17. The molecule has 0 spiro atoms. The van der Waals surface area contributed by atoms with Crippen molar-refractivity contribution in [3.8, 4) is 5.75 Å². The third kappa shape index (κ3) is 3.73. The second-order valence-electron chi connectivity index (χ2n) is 7.15. The van der Waals surface area contributed by atoms with Crippen molar-refractivity contribution in [3.63, 3.8) is 0 Å². The molecule has 5 heteroatoms. The van der Waals surface area contributed by atoms with Crippen LogP contribution in [0.15, 0.2) is 54.6 Å².